The topological polar surface area (TPSA) is 69.6 Å². The van der Waals surface area contributed by atoms with E-state index in [1.54, 1.807) is 12.1 Å². The van der Waals surface area contributed by atoms with Gasteiger partial charge in [-0.1, -0.05) is 19.8 Å². The van der Waals surface area contributed by atoms with Gasteiger partial charge in [-0.05, 0) is 30.5 Å². The first-order chi connectivity index (χ1) is 9.61. The van der Waals surface area contributed by atoms with Crippen molar-refractivity contribution in [2.75, 3.05) is 11.5 Å². The molecule has 1 aliphatic heterocycles. The van der Waals surface area contributed by atoms with E-state index in [1.165, 1.54) is 11.8 Å². The molecule has 1 atom stereocenters. The summed E-state index contributed by atoms with van der Waals surface area (Å²) >= 11 is 1.51. The lowest BCUT2D eigenvalue weighted by Gasteiger charge is -2.25. The Hall–Kier alpha value is -1.36. The number of thioether (sulfide) groups is 1. The Morgan fingerprint density at radius 2 is 2.00 bits per heavy atom. The van der Waals surface area contributed by atoms with Crippen molar-refractivity contribution in [3.63, 3.8) is 0 Å². The number of aromatic hydroxyl groups is 2. The van der Waals surface area contributed by atoms with Gasteiger partial charge in [0.1, 0.15) is 11.5 Å². The van der Waals surface area contributed by atoms with E-state index in [4.69, 9.17) is 0 Å². The lowest BCUT2D eigenvalue weighted by molar-refractivity contribution is -0.119. The van der Waals surface area contributed by atoms with E-state index < -0.39 is 0 Å². The first kappa shape index (κ1) is 15.0. The fourth-order valence-electron chi connectivity index (χ4n) is 2.46. The van der Waals surface area contributed by atoms with Crippen molar-refractivity contribution in [3.8, 4) is 11.5 Å². The van der Waals surface area contributed by atoms with Crippen molar-refractivity contribution in [1.29, 1.82) is 0 Å². The number of phenols is 2. The van der Waals surface area contributed by atoms with Crippen molar-refractivity contribution >= 4 is 17.7 Å². The van der Waals surface area contributed by atoms with Crippen molar-refractivity contribution in [3.05, 3.63) is 23.3 Å². The molecule has 1 amide bonds. The number of amides is 1. The van der Waals surface area contributed by atoms with E-state index in [0.717, 1.165) is 31.2 Å². The van der Waals surface area contributed by atoms with Crippen LogP contribution in [0.25, 0.3) is 0 Å². The molecule has 110 valence electrons. The minimum Gasteiger partial charge on any atom is -0.507 e. The lowest BCUT2D eigenvalue weighted by Crippen LogP contribution is -2.35. The molecule has 0 saturated carbocycles. The van der Waals surface area contributed by atoms with Crippen LogP contribution >= 0.6 is 11.8 Å². The molecule has 0 aromatic heterocycles. The number of hydrogen-bond acceptors (Lipinski definition) is 4. The fourth-order valence-corrected chi connectivity index (χ4v) is 3.34. The second-order valence-electron chi connectivity index (χ2n) is 5.14. The Bertz CT molecular complexity index is 467. The Morgan fingerprint density at radius 1 is 1.30 bits per heavy atom. The SMILES string of the molecule is CCCCCc1cc(O)c(C2CSCC(=O)N2)c(O)c1. The van der Waals surface area contributed by atoms with Gasteiger partial charge in [-0.25, -0.2) is 0 Å². The van der Waals surface area contributed by atoms with Gasteiger partial charge in [0.25, 0.3) is 0 Å². The third-order valence-electron chi connectivity index (χ3n) is 3.47. The summed E-state index contributed by atoms with van der Waals surface area (Å²) in [5.74, 6) is 1.19. The van der Waals surface area contributed by atoms with Crippen LogP contribution in [0, 0.1) is 0 Å². The summed E-state index contributed by atoms with van der Waals surface area (Å²) in [4.78, 5) is 11.4. The van der Waals surface area contributed by atoms with Gasteiger partial charge >= 0.3 is 0 Å². The van der Waals surface area contributed by atoms with Crippen LogP contribution in [-0.2, 0) is 11.2 Å². The predicted molar refractivity (Wildman–Crippen MR) is 81.2 cm³/mol. The van der Waals surface area contributed by atoms with Crippen molar-refractivity contribution < 1.29 is 15.0 Å². The zero-order chi connectivity index (χ0) is 14.5. The van der Waals surface area contributed by atoms with Gasteiger partial charge in [-0.2, -0.15) is 0 Å². The van der Waals surface area contributed by atoms with Gasteiger partial charge in [0.05, 0.1) is 17.4 Å². The van der Waals surface area contributed by atoms with Gasteiger partial charge < -0.3 is 15.5 Å². The second-order valence-corrected chi connectivity index (χ2v) is 6.17. The summed E-state index contributed by atoms with van der Waals surface area (Å²) in [5, 5.41) is 23.1. The van der Waals surface area contributed by atoms with Crippen LogP contribution in [0.3, 0.4) is 0 Å². The number of benzene rings is 1. The zero-order valence-electron chi connectivity index (χ0n) is 11.7. The number of carbonyl (C=O) groups is 1. The second kappa shape index (κ2) is 6.88. The highest BCUT2D eigenvalue weighted by atomic mass is 32.2. The van der Waals surface area contributed by atoms with E-state index in [9.17, 15) is 15.0 Å². The summed E-state index contributed by atoms with van der Waals surface area (Å²) in [6.07, 6.45) is 4.17. The first-order valence-electron chi connectivity index (χ1n) is 7.03. The average Bonchev–Trinajstić information content (AvgIpc) is 2.38. The monoisotopic (exact) mass is 295 g/mol. The van der Waals surface area contributed by atoms with Crippen LogP contribution in [0.15, 0.2) is 12.1 Å². The number of hydrogen-bond donors (Lipinski definition) is 3. The molecule has 0 aliphatic carbocycles. The molecule has 1 heterocycles. The molecule has 3 N–H and O–H groups in total. The maximum Gasteiger partial charge on any atom is 0.230 e. The fraction of sp³-hybridized carbons (Fsp3) is 0.533. The van der Waals surface area contributed by atoms with Gasteiger partial charge in [0.15, 0.2) is 0 Å². The molecule has 4 nitrogen and oxygen atoms in total. The van der Waals surface area contributed by atoms with Gasteiger partial charge in [0.2, 0.25) is 5.91 Å². The van der Waals surface area contributed by atoms with Crippen LogP contribution in [0.5, 0.6) is 11.5 Å². The molecule has 0 bridgehead atoms. The zero-order valence-corrected chi connectivity index (χ0v) is 12.5. The lowest BCUT2D eigenvalue weighted by atomic mass is 9.99. The summed E-state index contributed by atoms with van der Waals surface area (Å²) in [7, 11) is 0. The Kier molecular flexibility index (Phi) is 5.17. The Labute approximate surface area is 123 Å². The molecule has 2 rings (SSSR count). The van der Waals surface area contributed by atoms with Crippen molar-refractivity contribution in [2.45, 2.75) is 38.6 Å². The molecule has 5 heteroatoms. The summed E-state index contributed by atoms with van der Waals surface area (Å²) in [6, 6.07) is 3.10. The predicted octanol–water partition coefficient (Wildman–Crippen LogP) is 2.73. The molecule has 1 aromatic rings. The van der Waals surface area contributed by atoms with Gasteiger partial charge in [-0.3, -0.25) is 4.79 Å². The highest BCUT2D eigenvalue weighted by Gasteiger charge is 2.25. The van der Waals surface area contributed by atoms with E-state index in [2.05, 4.69) is 12.2 Å². The average molecular weight is 295 g/mol. The molecule has 0 radical (unpaired) electrons. The van der Waals surface area contributed by atoms with Crippen LogP contribution < -0.4 is 5.32 Å². The molecule has 20 heavy (non-hydrogen) atoms. The summed E-state index contributed by atoms with van der Waals surface area (Å²) in [5.41, 5.74) is 1.37. The third kappa shape index (κ3) is 3.60. The number of carbonyl (C=O) groups excluding carboxylic acids is 1. The molecule has 0 spiro atoms. The standard InChI is InChI=1S/C15H21NO3S/c1-2-3-4-5-10-6-12(17)15(13(18)7-10)11-8-20-9-14(19)16-11/h6-7,11,17-18H,2-5,8-9H2,1H3,(H,16,19). The minimum absolute atomic E-state index is 0.0583. The highest BCUT2D eigenvalue weighted by Crippen LogP contribution is 2.37. The maximum absolute atomic E-state index is 11.4. The van der Waals surface area contributed by atoms with Gasteiger partial charge in [-0.15, -0.1) is 11.8 Å². The highest BCUT2D eigenvalue weighted by molar-refractivity contribution is 8.00. The first-order valence-corrected chi connectivity index (χ1v) is 8.19. The number of unbranched alkanes of at least 4 members (excludes halogenated alkanes) is 2. The minimum atomic E-state index is -0.314. The molecule has 1 aromatic carbocycles. The van der Waals surface area contributed by atoms with Crippen LogP contribution in [0.1, 0.15) is 43.4 Å². The maximum atomic E-state index is 11.4. The van der Waals surface area contributed by atoms with E-state index in [-0.39, 0.29) is 23.4 Å². The largest absolute Gasteiger partial charge is 0.507 e. The number of nitrogens with one attached hydrogen (secondary N) is 1. The van der Waals surface area contributed by atoms with E-state index in [1.807, 2.05) is 0 Å². The summed E-state index contributed by atoms with van der Waals surface area (Å²) < 4.78 is 0. The third-order valence-corrected chi connectivity index (χ3v) is 4.50. The Balaban J connectivity index is 2.15. The molecular formula is C15H21NO3S. The van der Waals surface area contributed by atoms with Gasteiger partial charge in [0, 0.05) is 5.75 Å². The Morgan fingerprint density at radius 3 is 2.60 bits per heavy atom. The van der Waals surface area contributed by atoms with E-state index >= 15 is 0 Å². The van der Waals surface area contributed by atoms with Crippen molar-refractivity contribution in [1.82, 2.24) is 5.32 Å². The molecule has 1 fully saturated rings. The molecule has 1 unspecified atom stereocenters. The van der Waals surface area contributed by atoms with Crippen molar-refractivity contribution in [2.24, 2.45) is 0 Å². The molecular weight excluding hydrogens is 274 g/mol. The smallest absolute Gasteiger partial charge is 0.230 e. The number of aryl methyl sites for hydroxylation is 1. The number of phenolic OH excluding ortho intramolecular Hbond substituents is 2. The van der Waals surface area contributed by atoms with Crippen LogP contribution in [0.2, 0.25) is 0 Å². The quantitative estimate of drug-likeness (QED) is 0.731. The molecule has 1 saturated heterocycles. The normalized spacial score (nSPS) is 18.9. The van der Waals surface area contributed by atoms with Crippen LogP contribution in [0.4, 0.5) is 0 Å². The summed E-state index contributed by atoms with van der Waals surface area (Å²) in [6.45, 7) is 2.14. The van der Waals surface area contributed by atoms with E-state index in [0.29, 0.717) is 17.1 Å². The molecule has 1 aliphatic rings. The van der Waals surface area contributed by atoms with Crippen LogP contribution in [-0.4, -0.2) is 27.6 Å². The number of rotatable bonds is 5.